The van der Waals surface area contributed by atoms with Crippen LogP contribution in [0.5, 0.6) is 0 Å². The van der Waals surface area contributed by atoms with Gasteiger partial charge in [-0.1, -0.05) is 12.5 Å². The SMILES string of the molecule is NC(=O)N(C[C@@H]1CCCCN1)c1cccc(F)c1. The molecular formula is C13H18FN3O. The zero-order valence-corrected chi connectivity index (χ0v) is 10.2. The van der Waals surface area contributed by atoms with Gasteiger partial charge in [-0.2, -0.15) is 0 Å². The summed E-state index contributed by atoms with van der Waals surface area (Å²) < 4.78 is 13.2. The molecule has 2 rings (SSSR count). The molecule has 2 amide bonds. The second-order valence-electron chi connectivity index (χ2n) is 4.58. The van der Waals surface area contributed by atoms with E-state index in [0.29, 0.717) is 12.2 Å². The minimum absolute atomic E-state index is 0.231. The van der Waals surface area contributed by atoms with Gasteiger partial charge >= 0.3 is 6.03 Å². The Morgan fingerprint density at radius 2 is 2.33 bits per heavy atom. The lowest BCUT2D eigenvalue weighted by molar-refractivity contribution is 0.252. The van der Waals surface area contributed by atoms with Crippen LogP contribution >= 0.6 is 0 Å². The molecule has 1 aliphatic heterocycles. The van der Waals surface area contributed by atoms with Crippen molar-refractivity contribution in [3.63, 3.8) is 0 Å². The lowest BCUT2D eigenvalue weighted by Gasteiger charge is -2.29. The lowest BCUT2D eigenvalue weighted by atomic mass is 10.0. The molecule has 1 fully saturated rings. The number of benzene rings is 1. The molecule has 1 aromatic rings. The minimum Gasteiger partial charge on any atom is -0.351 e. The topological polar surface area (TPSA) is 58.4 Å². The van der Waals surface area contributed by atoms with Crippen LogP contribution in [0.3, 0.4) is 0 Å². The van der Waals surface area contributed by atoms with Crippen LogP contribution in [0.25, 0.3) is 0 Å². The molecule has 3 N–H and O–H groups in total. The molecular weight excluding hydrogens is 233 g/mol. The number of rotatable bonds is 3. The molecule has 0 unspecified atom stereocenters. The average molecular weight is 251 g/mol. The molecule has 1 aromatic carbocycles. The number of urea groups is 1. The average Bonchev–Trinajstić information content (AvgIpc) is 2.37. The standard InChI is InChI=1S/C13H18FN3O/c14-10-4-3-6-12(8-10)17(13(15)18)9-11-5-1-2-7-16-11/h3-4,6,8,11,16H,1-2,5,7,9H2,(H2,15,18)/t11-/m0/s1. The number of carbonyl (C=O) groups is 1. The highest BCUT2D eigenvalue weighted by atomic mass is 19.1. The first-order valence-corrected chi connectivity index (χ1v) is 6.23. The predicted octanol–water partition coefficient (Wildman–Crippen LogP) is 1.85. The van der Waals surface area contributed by atoms with Gasteiger partial charge in [0.15, 0.2) is 0 Å². The number of amides is 2. The smallest absolute Gasteiger partial charge is 0.319 e. The number of piperidine rings is 1. The monoisotopic (exact) mass is 251 g/mol. The number of halogens is 1. The number of primary amides is 1. The fourth-order valence-electron chi connectivity index (χ4n) is 2.27. The molecule has 18 heavy (non-hydrogen) atoms. The molecule has 0 bridgehead atoms. The van der Waals surface area contributed by atoms with E-state index in [1.807, 2.05) is 0 Å². The van der Waals surface area contributed by atoms with Gasteiger partial charge in [-0.15, -0.1) is 0 Å². The second kappa shape index (κ2) is 5.82. The van der Waals surface area contributed by atoms with Crippen molar-refractivity contribution in [3.05, 3.63) is 30.1 Å². The largest absolute Gasteiger partial charge is 0.351 e. The Bertz CT molecular complexity index is 418. The first-order chi connectivity index (χ1) is 8.66. The number of nitrogens with one attached hydrogen (secondary N) is 1. The third-order valence-electron chi connectivity index (χ3n) is 3.20. The highest BCUT2D eigenvalue weighted by Gasteiger charge is 2.20. The van der Waals surface area contributed by atoms with Crippen LogP contribution < -0.4 is 16.0 Å². The Labute approximate surface area is 106 Å². The molecule has 0 spiro atoms. The fraction of sp³-hybridized carbons (Fsp3) is 0.462. The number of nitrogens with two attached hydrogens (primary N) is 1. The summed E-state index contributed by atoms with van der Waals surface area (Å²) >= 11 is 0. The zero-order chi connectivity index (χ0) is 13.0. The van der Waals surface area contributed by atoms with Gasteiger partial charge in [-0.25, -0.2) is 9.18 Å². The molecule has 1 atom stereocenters. The Kier molecular flexibility index (Phi) is 4.15. The van der Waals surface area contributed by atoms with Crippen LogP contribution in [0.1, 0.15) is 19.3 Å². The molecule has 0 radical (unpaired) electrons. The van der Waals surface area contributed by atoms with Crippen LogP contribution in [0, 0.1) is 5.82 Å². The fourth-order valence-corrected chi connectivity index (χ4v) is 2.27. The Morgan fingerprint density at radius 1 is 1.50 bits per heavy atom. The lowest BCUT2D eigenvalue weighted by Crippen LogP contribution is -2.47. The molecule has 4 nitrogen and oxygen atoms in total. The summed E-state index contributed by atoms with van der Waals surface area (Å²) in [7, 11) is 0. The van der Waals surface area contributed by atoms with Crippen molar-refractivity contribution in [2.75, 3.05) is 18.0 Å². The van der Waals surface area contributed by atoms with Crippen molar-refractivity contribution in [3.8, 4) is 0 Å². The summed E-state index contributed by atoms with van der Waals surface area (Å²) in [5, 5.41) is 3.35. The van der Waals surface area contributed by atoms with E-state index in [0.717, 1.165) is 25.8 Å². The summed E-state index contributed by atoms with van der Waals surface area (Å²) in [6.07, 6.45) is 3.32. The Balaban J connectivity index is 2.10. The van der Waals surface area contributed by atoms with Crippen LogP contribution in [-0.4, -0.2) is 25.2 Å². The van der Waals surface area contributed by atoms with Gasteiger partial charge in [0.1, 0.15) is 5.82 Å². The maximum Gasteiger partial charge on any atom is 0.319 e. The zero-order valence-electron chi connectivity index (χ0n) is 10.2. The quantitative estimate of drug-likeness (QED) is 0.861. The van der Waals surface area contributed by atoms with Crippen molar-refractivity contribution in [2.24, 2.45) is 5.73 Å². The van der Waals surface area contributed by atoms with Crippen molar-refractivity contribution in [1.29, 1.82) is 0 Å². The molecule has 1 saturated heterocycles. The van der Waals surface area contributed by atoms with Crippen LogP contribution in [0.4, 0.5) is 14.9 Å². The summed E-state index contributed by atoms with van der Waals surface area (Å²) in [5.74, 6) is -0.365. The van der Waals surface area contributed by atoms with Gasteiger partial charge in [-0.05, 0) is 37.6 Å². The van der Waals surface area contributed by atoms with E-state index in [9.17, 15) is 9.18 Å². The highest BCUT2D eigenvalue weighted by molar-refractivity contribution is 5.90. The number of carbonyl (C=O) groups excluding carboxylic acids is 1. The van der Waals surface area contributed by atoms with E-state index < -0.39 is 6.03 Å². The van der Waals surface area contributed by atoms with E-state index in [2.05, 4.69) is 5.32 Å². The van der Waals surface area contributed by atoms with Crippen LogP contribution in [0.2, 0.25) is 0 Å². The molecule has 0 aromatic heterocycles. The molecule has 98 valence electrons. The van der Waals surface area contributed by atoms with E-state index in [1.165, 1.54) is 17.0 Å². The molecule has 0 saturated carbocycles. The van der Waals surface area contributed by atoms with Gasteiger partial charge < -0.3 is 11.1 Å². The summed E-state index contributed by atoms with van der Waals surface area (Å²) in [6.45, 7) is 1.44. The Hall–Kier alpha value is -1.62. The van der Waals surface area contributed by atoms with Gasteiger partial charge in [0, 0.05) is 18.3 Å². The predicted molar refractivity (Wildman–Crippen MR) is 69.0 cm³/mol. The summed E-state index contributed by atoms with van der Waals surface area (Å²) in [4.78, 5) is 12.9. The maximum absolute atomic E-state index is 13.2. The van der Waals surface area contributed by atoms with E-state index in [1.54, 1.807) is 12.1 Å². The van der Waals surface area contributed by atoms with Crippen molar-refractivity contribution >= 4 is 11.7 Å². The van der Waals surface area contributed by atoms with E-state index in [-0.39, 0.29) is 11.9 Å². The second-order valence-corrected chi connectivity index (χ2v) is 4.58. The number of hydrogen-bond acceptors (Lipinski definition) is 2. The summed E-state index contributed by atoms with van der Waals surface area (Å²) in [6, 6.07) is 5.63. The van der Waals surface area contributed by atoms with Gasteiger partial charge in [0.2, 0.25) is 0 Å². The van der Waals surface area contributed by atoms with Crippen molar-refractivity contribution in [1.82, 2.24) is 5.32 Å². The molecule has 1 heterocycles. The molecule has 1 aliphatic rings. The highest BCUT2D eigenvalue weighted by Crippen LogP contribution is 2.17. The first-order valence-electron chi connectivity index (χ1n) is 6.23. The summed E-state index contributed by atoms with van der Waals surface area (Å²) in [5.41, 5.74) is 5.88. The number of hydrogen-bond donors (Lipinski definition) is 2. The normalized spacial score (nSPS) is 19.5. The van der Waals surface area contributed by atoms with E-state index >= 15 is 0 Å². The van der Waals surface area contributed by atoms with Gasteiger partial charge in [0.25, 0.3) is 0 Å². The van der Waals surface area contributed by atoms with Crippen molar-refractivity contribution in [2.45, 2.75) is 25.3 Å². The van der Waals surface area contributed by atoms with Gasteiger partial charge in [0.05, 0.1) is 0 Å². The number of nitrogens with zero attached hydrogens (tertiary/aromatic N) is 1. The number of anilines is 1. The Morgan fingerprint density at radius 3 is 2.94 bits per heavy atom. The molecule has 5 heteroatoms. The van der Waals surface area contributed by atoms with Crippen LogP contribution in [0.15, 0.2) is 24.3 Å². The first kappa shape index (κ1) is 12.8. The molecule has 0 aliphatic carbocycles. The third-order valence-corrected chi connectivity index (χ3v) is 3.20. The van der Waals surface area contributed by atoms with Crippen molar-refractivity contribution < 1.29 is 9.18 Å². The van der Waals surface area contributed by atoms with Gasteiger partial charge in [-0.3, -0.25) is 4.90 Å². The van der Waals surface area contributed by atoms with Crippen LogP contribution in [-0.2, 0) is 0 Å². The third kappa shape index (κ3) is 3.20. The van der Waals surface area contributed by atoms with E-state index in [4.69, 9.17) is 5.73 Å². The minimum atomic E-state index is -0.548. The maximum atomic E-state index is 13.2.